The number of rotatable bonds is 4. The quantitative estimate of drug-likeness (QED) is 0.610. The summed E-state index contributed by atoms with van der Waals surface area (Å²) >= 11 is 2.72. The molecule has 0 saturated carbocycles. The lowest BCUT2D eigenvalue weighted by Gasteiger charge is -2.07. The van der Waals surface area contributed by atoms with E-state index in [0.717, 1.165) is 6.08 Å². The zero-order valence-corrected chi connectivity index (χ0v) is 9.00. The molecule has 1 unspecified atom stereocenters. The molecule has 5 heteroatoms. The van der Waals surface area contributed by atoms with Crippen LogP contribution in [0, 0.1) is 0 Å². The van der Waals surface area contributed by atoms with Crippen molar-refractivity contribution in [2.45, 2.75) is 26.4 Å². The molecule has 0 aromatic carbocycles. The van der Waals surface area contributed by atoms with Crippen LogP contribution in [0.1, 0.15) is 20.3 Å². The van der Waals surface area contributed by atoms with Crippen molar-refractivity contribution in [1.29, 1.82) is 0 Å². The summed E-state index contributed by atoms with van der Waals surface area (Å²) in [5.74, 6) is -1.84. The normalized spacial score (nSPS) is 13.6. The van der Waals surface area contributed by atoms with Crippen LogP contribution >= 0.6 is 15.9 Å². The molecule has 1 N–H and O–H groups in total. The molecule has 0 aliphatic heterocycles. The van der Waals surface area contributed by atoms with Gasteiger partial charge in [-0.2, -0.15) is 0 Å². The van der Waals surface area contributed by atoms with E-state index in [4.69, 9.17) is 9.84 Å². The SMILES string of the molecule is CCC(C)OC(=O)/C=C(/Br)C(=O)O. The van der Waals surface area contributed by atoms with E-state index < -0.39 is 11.9 Å². The molecule has 0 amide bonds. The summed E-state index contributed by atoms with van der Waals surface area (Å²) in [4.78, 5) is 21.2. The van der Waals surface area contributed by atoms with Crippen LogP contribution in [0.4, 0.5) is 0 Å². The van der Waals surface area contributed by atoms with Crippen molar-refractivity contribution in [3.05, 3.63) is 10.6 Å². The van der Waals surface area contributed by atoms with Crippen molar-refractivity contribution in [3.8, 4) is 0 Å². The van der Waals surface area contributed by atoms with Crippen LogP contribution in [-0.4, -0.2) is 23.1 Å². The van der Waals surface area contributed by atoms with Gasteiger partial charge in [0.15, 0.2) is 0 Å². The molecule has 0 fully saturated rings. The molecule has 0 rings (SSSR count). The second-order valence-electron chi connectivity index (χ2n) is 2.45. The van der Waals surface area contributed by atoms with Crippen molar-refractivity contribution in [3.63, 3.8) is 0 Å². The number of carboxylic acid groups (broad SMARTS) is 1. The molecule has 0 spiro atoms. The average molecular weight is 251 g/mol. The monoisotopic (exact) mass is 250 g/mol. The number of halogens is 1. The van der Waals surface area contributed by atoms with E-state index in [9.17, 15) is 9.59 Å². The standard InChI is InChI=1S/C8H11BrO4/c1-3-5(2)13-7(10)4-6(9)8(11)12/h4-5H,3H2,1-2H3,(H,11,12)/b6-4+. The van der Waals surface area contributed by atoms with Crippen LogP contribution in [0.25, 0.3) is 0 Å². The first-order valence-corrected chi connectivity index (χ1v) is 4.57. The van der Waals surface area contributed by atoms with E-state index in [1.165, 1.54) is 0 Å². The molecule has 0 aromatic rings. The van der Waals surface area contributed by atoms with Gasteiger partial charge in [0.1, 0.15) is 4.48 Å². The Labute approximate surface area is 84.7 Å². The summed E-state index contributed by atoms with van der Waals surface area (Å²) in [7, 11) is 0. The minimum atomic E-state index is -1.19. The predicted octanol–water partition coefficient (Wildman–Crippen LogP) is 1.69. The molecule has 0 heterocycles. The fraction of sp³-hybridized carbons (Fsp3) is 0.500. The highest BCUT2D eigenvalue weighted by Gasteiger charge is 2.09. The van der Waals surface area contributed by atoms with Crippen molar-refractivity contribution in [2.24, 2.45) is 0 Å². The van der Waals surface area contributed by atoms with E-state index in [-0.39, 0.29) is 10.6 Å². The molecule has 0 aliphatic rings. The molecular weight excluding hydrogens is 240 g/mol. The van der Waals surface area contributed by atoms with Gasteiger partial charge >= 0.3 is 11.9 Å². The number of esters is 1. The third kappa shape index (κ3) is 5.41. The summed E-state index contributed by atoms with van der Waals surface area (Å²) in [5.41, 5.74) is 0. The third-order valence-electron chi connectivity index (χ3n) is 1.34. The van der Waals surface area contributed by atoms with E-state index in [1.54, 1.807) is 6.92 Å². The number of carboxylic acids is 1. The average Bonchev–Trinajstić information content (AvgIpc) is 2.03. The Kier molecular flexibility index (Phi) is 5.37. The topological polar surface area (TPSA) is 63.6 Å². The van der Waals surface area contributed by atoms with Crippen LogP contribution in [0.2, 0.25) is 0 Å². The molecule has 0 aromatic heterocycles. The number of carbonyl (C=O) groups excluding carboxylic acids is 1. The highest BCUT2D eigenvalue weighted by atomic mass is 79.9. The second kappa shape index (κ2) is 5.75. The smallest absolute Gasteiger partial charge is 0.343 e. The van der Waals surface area contributed by atoms with Crippen LogP contribution < -0.4 is 0 Å². The van der Waals surface area contributed by atoms with E-state index in [2.05, 4.69) is 15.9 Å². The van der Waals surface area contributed by atoms with Crippen molar-refractivity contribution in [1.82, 2.24) is 0 Å². The van der Waals surface area contributed by atoms with Crippen molar-refractivity contribution >= 4 is 27.9 Å². The number of hydrogen-bond donors (Lipinski definition) is 1. The summed E-state index contributed by atoms with van der Waals surface area (Å²) in [6.07, 6.45) is 1.40. The lowest BCUT2D eigenvalue weighted by Crippen LogP contribution is -2.12. The maximum atomic E-state index is 10.9. The van der Waals surface area contributed by atoms with E-state index in [1.807, 2.05) is 6.92 Å². The van der Waals surface area contributed by atoms with Gasteiger partial charge in [-0.25, -0.2) is 9.59 Å². The van der Waals surface area contributed by atoms with Gasteiger partial charge in [0.05, 0.1) is 6.10 Å². The number of hydrogen-bond acceptors (Lipinski definition) is 3. The largest absolute Gasteiger partial charge is 0.477 e. The minimum absolute atomic E-state index is 0.196. The minimum Gasteiger partial charge on any atom is -0.477 e. The lowest BCUT2D eigenvalue weighted by atomic mass is 10.3. The molecule has 0 aliphatic carbocycles. The zero-order valence-electron chi connectivity index (χ0n) is 7.41. The van der Waals surface area contributed by atoms with Crippen molar-refractivity contribution in [2.75, 3.05) is 0 Å². The fourth-order valence-corrected chi connectivity index (χ4v) is 0.668. The van der Waals surface area contributed by atoms with Gasteiger partial charge in [0.2, 0.25) is 0 Å². The first-order valence-electron chi connectivity index (χ1n) is 3.78. The Balaban J connectivity index is 4.14. The number of ether oxygens (including phenoxy) is 1. The summed E-state index contributed by atoms with van der Waals surface area (Å²) in [5, 5.41) is 8.40. The Morgan fingerprint density at radius 3 is 2.54 bits per heavy atom. The molecule has 0 bridgehead atoms. The maximum Gasteiger partial charge on any atom is 0.343 e. The summed E-state index contributed by atoms with van der Waals surface area (Å²) < 4.78 is 4.60. The fourth-order valence-electron chi connectivity index (χ4n) is 0.481. The molecule has 1 atom stereocenters. The van der Waals surface area contributed by atoms with Gasteiger partial charge in [-0.15, -0.1) is 0 Å². The number of aliphatic carboxylic acids is 1. The Morgan fingerprint density at radius 2 is 2.15 bits per heavy atom. The maximum absolute atomic E-state index is 10.9. The van der Waals surface area contributed by atoms with Gasteiger partial charge < -0.3 is 9.84 Å². The molecule has 0 saturated heterocycles. The van der Waals surface area contributed by atoms with Gasteiger partial charge in [-0.05, 0) is 29.3 Å². The predicted molar refractivity (Wildman–Crippen MR) is 50.5 cm³/mol. The van der Waals surface area contributed by atoms with Crippen LogP contribution in [0.3, 0.4) is 0 Å². The molecule has 74 valence electrons. The van der Waals surface area contributed by atoms with Crippen molar-refractivity contribution < 1.29 is 19.4 Å². The lowest BCUT2D eigenvalue weighted by molar-refractivity contribution is -0.142. The highest BCUT2D eigenvalue weighted by Crippen LogP contribution is 2.06. The highest BCUT2D eigenvalue weighted by molar-refractivity contribution is 9.12. The van der Waals surface area contributed by atoms with Gasteiger partial charge in [-0.3, -0.25) is 0 Å². The van der Waals surface area contributed by atoms with E-state index in [0.29, 0.717) is 6.42 Å². The summed E-state index contributed by atoms with van der Waals surface area (Å²) in [6, 6.07) is 0. The van der Waals surface area contributed by atoms with Gasteiger partial charge in [0, 0.05) is 6.08 Å². The molecule has 13 heavy (non-hydrogen) atoms. The Morgan fingerprint density at radius 1 is 1.62 bits per heavy atom. The molecule has 0 radical (unpaired) electrons. The first-order chi connectivity index (χ1) is 5.97. The first kappa shape index (κ1) is 12.2. The Bertz CT molecular complexity index is 234. The van der Waals surface area contributed by atoms with Crippen LogP contribution in [0.5, 0.6) is 0 Å². The number of carbonyl (C=O) groups is 2. The third-order valence-corrected chi connectivity index (χ3v) is 1.91. The zero-order chi connectivity index (χ0) is 10.4. The van der Waals surface area contributed by atoms with Crippen LogP contribution in [0.15, 0.2) is 10.6 Å². The van der Waals surface area contributed by atoms with Crippen LogP contribution in [-0.2, 0) is 14.3 Å². The Hall–Kier alpha value is -0.840. The second-order valence-corrected chi connectivity index (χ2v) is 3.31. The molecule has 4 nitrogen and oxygen atoms in total. The molecular formula is C8H11BrO4. The van der Waals surface area contributed by atoms with Gasteiger partial charge in [-0.1, -0.05) is 6.92 Å². The van der Waals surface area contributed by atoms with Gasteiger partial charge in [0.25, 0.3) is 0 Å². The summed E-state index contributed by atoms with van der Waals surface area (Å²) in [6.45, 7) is 3.61. The van der Waals surface area contributed by atoms with E-state index >= 15 is 0 Å².